The van der Waals surface area contributed by atoms with E-state index in [4.69, 9.17) is 0 Å². The van der Waals surface area contributed by atoms with E-state index in [1.54, 1.807) is 24.0 Å². The molecule has 0 spiro atoms. The van der Waals surface area contributed by atoms with Gasteiger partial charge in [-0.2, -0.15) is 0 Å². The van der Waals surface area contributed by atoms with E-state index in [0.29, 0.717) is 18.7 Å². The molecule has 1 saturated heterocycles. The smallest absolute Gasteiger partial charge is 0.317 e. The van der Waals surface area contributed by atoms with E-state index in [-0.39, 0.29) is 24.5 Å². The zero-order valence-electron chi connectivity index (χ0n) is 11.0. The lowest BCUT2D eigenvalue weighted by atomic mass is 10.1. The Morgan fingerprint density at radius 1 is 1.58 bits per heavy atom. The highest BCUT2D eigenvalue weighted by Gasteiger charge is 2.27. The molecule has 0 radical (unpaired) electrons. The maximum absolute atomic E-state index is 13.1. The van der Waals surface area contributed by atoms with Gasteiger partial charge in [0, 0.05) is 13.1 Å². The first-order valence-electron chi connectivity index (χ1n) is 6.52. The number of nitrogens with zero attached hydrogens (tertiary/aromatic N) is 1. The number of likely N-dealkylation sites (tertiary alicyclic amines) is 1. The summed E-state index contributed by atoms with van der Waals surface area (Å²) in [6.45, 7) is 2.75. The van der Waals surface area contributed by atoms with Gasteiger partial charge in [0.2, 0.25) is 0 Å². The standard InChI is InChI=1S/C14H19FN2O2/c1-10-7-11(4-5-13(10)15)8-16-14(19)17-6-2-3-12(17)9-18/h4-5,7,12,18H,2-3,6,8-9H2,1H3,(H,16,19). The molecule has 1 atom stereocenters. The molecule has 1 aromatic rings. The molecule has 0 bridgehead atoms. The Balaban J connectivity index is 1.91. The van der Waals surface area contributed by atoms with Crippen molar-refractivity contribution in [2.45, 2.75) is 32.4 Å². The Kier molecular flexibility index (Phi) is 4.37. The van der Waals surface area contributed by atoms with Gasteiger partial charge in [-0.15, -0.1) is 0 Å². The van der Waals surface area contributed by atoms with Crippen molar-refractivity contribution in [3.8, 4) is 0 Å². The van der Waals surface area contributed by atoms with Gasteiger partial charge in [-0.1, -0.05) is 12.1 Å². The van der Waals surface area contributed by atoms with Crippen molar-refractivity contribution in [2.75, 3.05) is 13.2 Å². The molecule has 1 aliphatic heterocycles. The van der Waals surface area contributed by atoms with Crippen molar-refractivity contribution in [3.63, 3.8) is 0 Å². The zero-order valence-corrected chi connectivity index (χ0v) is 11.0. The normalized spacial score (nSPS) is 18.7. The van der Waals surface area contributed by atoms with Crippen LogP contribution in [0.15, 0.2) is 18.2 Å². The fourth-order valence-electron chi connectivity index (χ4n) is 2.39. The summed E-state index contributed by atoms with van der Waals surface area (Å²) in [5, 5.41) is 12.0. The van der Waals surface area contributed by atoms with Gasteiger partial charge >= 0.3 is 6.03 Å². The molecule has 19 heavy (non-hydrogen) atoms. The summed E-state index contributed by atoms with van der Waals surface area (Å²) in [6, 6.07) is 4.55. The maximum Gasteiger partial charge on any atom is 0.317 e. The summed E-state index contributed by atoms with van der Waals surface area (Å²) < 4.78 is 13.1. The van der Waals surface area contributed by atoms with Crippen LogP contribution < -0.4 is 5.32 Å². The quantitative estimate of drug-likeness (QED) is 0.876. The topological polar surface area (TPSA) is 52.6 Å². The van der Waals surface area contributed by atoms with Crippen LogP contribution >= 0.6 is 0 Å². The van der Waals surface area contributed by atoms with Crippen LogP contribution in [0.4, 0.5) is 9.18 Å². The molecular weight excluding hydrogens is 247 g/mol. The first-order chi connectivity index (χ1) is 9.11. The summed E-state index contributed by atoms with van der Waals surface area (Å²) in [7, 11) is 0. The molecule has 1 unspecified atom stereocenters. The van der Waals surface area contributed by atoms with Crippen molar-refractivity contribution in [1.82, 2.24) is 10.2 Å². The van der Waals surface area contributed by atoms with Gasteiger partial charge < -0.3 is 15.3 Å². The summed E-state index contributed by atoms with van der Waals surface area (Å²) in [5.74, 6) is -0.241. The van der Waals surface area contributed by atoms with Gasteiger partial charge in [0.25, 0.3) is 0 Å². The van der Waals surface area contributed by atoms with Crippen LogP contribution in [0.25, 0.3) is 0 Å². The number of benzene rings is 1. The van der Waals surface area contributed by atoms with Crippen LogP contribution in [0.5, 0.6) is 0 Å². The van der Waals surface area contributed by atoms with Gasteiger partial charge in [0.15, 0.2) is 0 Å². The molecule has 2 rings (SSSR count). The highest BCUT2D eigenvalue weighted by molar-refractivity contribution is 5.74. The van der Waals surface area contributed by atoms with Crippen molar-refractivity contribution in [1.29, 1.82) is 0 Å². The van der Waals surface area contributed by atoms with E-state index in [2.05, 4.69) is 5.32 Å². The van der Waals surface area contributed by atoms with Gasteiger partial charge in [-0.3, -0.25) is 0 Å². The fraction of sp³-hybridized carbons (Fsp3) is 0.500. The van der Waals surface area contributed by atoms with Crippen molar-refractivity contribution in [2.24, 2.45) is 0 Å². The lowest BCUT2D eigenvalue weighted by molar-refractivity contribution is 0.157. The van der Waals surface area contributed by atoms with Crippen LogP contribution in [-0.2, 0) is 6.54 Å². The molecule has 2 amide bonds. The first-order valence-corrected chi connectivity index (χ1v) is 6.52. The molecule has 1 heterocycles. The molecule has 0 saturated carbocycles. The van der Waals surface area contributed by atoms with Gasteiger partial charge in [0.05, 0.1) is 12.6 Å². The van der Waals surface area contributed by atoms with Gasteiger partial charge in [-0.25, -0.2) is 9.18 Å². The minimum absolute atomic E-state index is 0.00305. The molecular formula is C14H19FN2O2. The number of carbonyl (C=O) groups excluding carboxylic acids is 1. The number of halogens is 1. The van der Waals surface area contributed by atoms with E-state index in [1.165, 1.54) is 6.07 Å². The third-order valence-electron chi connectivity index (χ3n) is 3.51. The molecule has 5 heteroatoms. The van der Waals surface area contributed by atoms with E-state index >= 15 is 0 Å². The highest BCUT2D eigenvalue weighted by Crippen LogP contribution is 2.16. The number of aryl methyl sites for hydroxylation is 1. The van der Waals surface area contributed by atoms with Crippen LogP contribution in [0.3, 0.4) is 0 Å². The lowest BCUT2D eigenvalue weighted by Gasteiger charge is -2.23. The monoisotopic (exact) mass is 266 g/mol. The average molecular weight is 266 g/mol. The van der Waals surface area contributed by atoms with Gasteiger partial charge in [0.1, 0.15) is 5.82 Å². The van der Waals surface area contributed by atoms with E-state index in [1.807, 2.05) is 0 Å². The summed E-state index contributed by atoms with van der Waals surface area (Å²) in [6.07, 6.45) is 1.77. The Morgan fingerprint density at radius 2 is 2.37 bits per heavy atom. The second-order valence-electron chi connectivity index (χ2n) is 4.91. The van der Waals surface area contributed by atoms with Gasteiger partial charge in [-0.05, 0) is 37.0 Å². The third kappa shape index (κ3) is 3.23. The average Bonchev–Trinajstić information content (AvgIpc) is 2.88. The predicted molar refractivity (Wildman–Crippen MR) is 70.2 cm³/mol. The second kappa shape index (κ2) is 6.02. The van der Waals surface area contributed by atoms with Crippen molar-refractivity contribution < 1.29 is 14.3 Å². The second-order valence-corrected chi connectivity index (χ2v) is 4.91. The molecule has 0 aromatic heterocycles. The largest absolute Gasteiger partial charge is 0.394 e. The number of hydrogen-bond donors (Lipinski definition) is 2. The number of carbonyl (C=O) groups is 1. The number of urea groups is 1. The number of aliphatic hydroxyl groups excluding tert-OH is 1. The Labute approximate surface area is 112 Å². The number of aliphatic hydroxyl groups is 1. The highest BCUT2D eigenvalue weighted by atomic mass is 19.1. The van der Waals surface area contributed by atoms with Crippen LogP contribution in [-0.4, -0.2) is 35.2 Å². The lowest BCUT2D eigenvalue weighted by Crippen LogP contribution is -2.43. The fourth-order valence-corrected chi connectivity index (χ4v) is 2.39. The summed E-state index contributed by atoms with van der Waals surface area (Å²) in [5.41, 5.74) is 1.44. The van der Waals surface area contributed by atoms with Crippen LogP contribution in [0.2, 0.25) is 0 Å². The Bertz CT molecular complexity index is 465. The van der Waals surface area contributed by atoms with Crippen LogP contribution in [0.1, 0.15) is 24.0 Å². The van der Waals surface area contributed by atoms with Crippen molar-refractivity contribution in [3.05, 3.63) is 35.1 Å². The predicted octanol–water partition coefficient (Wildman–Crippen LogP) is 1.80. The molecule has 1 aliphatic rings. The minimum atomic E-state index is -0.241. The van der Waals surface area contributed by atoms with E-state index in [0.717, 1.165) is 18.4 Å². The number of rotatable bonds is 3. The SMILES string of the molecule is Cc1cc(CNC(=O)N2CCCC2CO)ccc1F. The number of hydrogen-bond acceptors (Lipinski definition) is 2. The molecule has 4 nitrogen and oxygen atoms in total. The Morgan fingerprint density at radius 3 is 3.05 bits per heavy atom. The van der Waals surface area contributed by atoms with Crippen molar-refractivity contribution >= 4 is 6.03 Å². The zero-order chi connectivity index (χ0) is 13.8. The molecule has 104 valence electrons. The Hall–Kier alpha value is -1.62. The van der Waals surface area contributed by atoms with E-state index in [9.17, 15) is 14.3 Å². The summed E-state index contributed by atoms with van der Waals surface area (Å²) >= 11 is 0. The molecule has 1 aromatic carbocycles. The molecule has 1 fully saturated rings. The third-order valence-corrected chi connectivity index (χ3v) is 3.51. The van der Waals surface area contributed by atoms with Crippen LogP contribution in [0, 0.1) is 12.7 Å². The number of amides is 2. The first kappa shape index (κ1) is 13.8. The maximum atomic E-state index is 13.1. The minimum Gasteiger partial charge on any atom is -0.394 e. The molecule has 0 aliphatic carbocycles. The number of nitrogens with one attached hydrogen (secondary N) is 1. The summed E-state index contributed by atoms with van der Waals surface area (Å²) in [4.78, 5) is 13.6. The van der Waals surface area contributed by atoms with E-state index < -0.39 is 0 Å². The molecule has 2 N–H and O–H groups in total.